The zero-order chi connectivity index (χ0) is 19.5. The molecule has 0 radical (unpaired) electrons. The van der Waals surface area contributed by atoms with Crippen molar-refractivity contribution in [3.63, 3.8) is 0 Å². The maximum Gasteiger partial charge on any atom is 0.282 e. The normalized spacial score (nSPS) is 10.8. The first kappa shape index (κ1) is 18.0. The summed E-state index contributed by atoms with van der Waals surface area (Å²) in [7, 11) is 1.60. The summed E-state index contributed by atoms with van der Waals surface area (Å²) in [6, 6.07) is 16.5. The van der Waals surface area contributed by atoms with Gasteiger partial charge in [-0.1, -0.05) is 11.2 Å². The zero-order valence-electron chi connectivity index (χ0n) is 15.2. The Labute approximate surface area is 165 Å². The van der Waals surface area contributed by atoms with Gasteiger partial charge in [0.05, 0.1) is 12.8 Å². The van der Waals surface area contributed by atoms with Crippen molar-refractivity contribution >= 4 is 11.8 Å². The summed E-state index contributed by atoms with van der Waals surface area (Å²) in [5.41, 5.74) is 1.40. The molecule has 2 aromatic carbocycles. The molecule has 8 heteroatoms. The fourth-order valence-corrected chi connectivity index (χ4v) is 3.08. The van der Waals surface area contributed by atoms with E-state index in [-0.39, 0.29) is 17.0 Å². The summed E-state index contributed by atoms with van der Waals surface area (Å²) in [6.45, 7) is 0. The number of rotatable bonds is 5. The van der Waals surface area contributed by atoms with Crippen molar-refractivity contribution in [2.45, 2.75) is 4.90 Å². The fraction of sp³-hybridized carbons (Fsp3) is 0.100. The molecule has 0 bridgehead atoms. The Balaban J connectivity index is 1.71. The monoisotopic (exact) mass is 392 g/mol. The second kappa shape index (κ2) is 7.69. The molecule has 0 aliphatic rings. The Bertz CT molecular complexity index is 1170. The molecule has 0 unspecified atom stereocenters. The maximum absolute atomic E-state index is 12.3. The molecule has 7 nitrogen and oxygen atoms in total. The van der Waals surface area contributed by atoms with Gasteiger partial charge in [-0.3, -0.25) is 4.79 Å². The van der Waals surface area contributed by atoms with E-state index in [1.807, 2.05) is 42.7 Å². The van der Waals surface area contributed by atoms with Crippen LogP contribution < -0.4 is 10.2 Å². The maximum atomic E-state index is 12.3. The standard InChI is InChI=1S/C20H16N4O3S/c1-26-15-8-6-13(7-9-15)19-21-20(27-23-19)18-17(25)10-11-24(22-18)14-4-3-5-16(12-14)28-2/h3-12H,1-2H3. The molecule has 0 saturated carbocycles. The van der Waals surface area contributed by atoms with Crippen LogP contribution in [0, 0.1) is 0 Å². The molecule has 0 amide bonds. The van der Waals surface area contributed by atoms with Crippen LogP contribution in [0.25, 0.3) is 28.7 Å². The largest absolute Gasteiger partial charge is 0.497 e. The number of nitrogens with zero attached hydrogens (tertiary/aromatic N) is 4. The van der Waals surface area contributed by atoms with Crippen LogP contribution in [0.15, 0.2) is 75.0 Å². The molecular formula is C20H16N4O3S. The van der Waals surface area contributed by atoms with E-state index in [2.05, 4.69) is 15.2 Å². The molecule has 0 N–H and O–H groups in total. The molecule has 0 saturated heterocycles. The van der Waals surface area contributed by atoms with Crippen molar-refractivity contribution in [1.82, 2.24) is 19.9 Å². The molecule has 4 aromatic rings. The molecule has 0 spiro atoms. The summed E-state index contributed by atoms with van der Waals surface area (Å²) in [5, 5.41) is 8.37. The van der Waals surface area contributed by atoms with E-state index in [9.17, 15) is 4.79 Å². The van der Waals surface area contributed by atoms with Crippen LogP contribution in [0.3, 0.4) is 0 Å². The molecular weight excluding hydrogens is 376 g/mol. The highest BCUT2D eigenvalue weighted by Crippen LogP contribution is 2.22. The smallest absolute Gasteiger partial charge is 0.282 e. The number of ether oxygens (including phenoxy) is 1. The van der Waals surface area contributed by atoms with Crippen LogP contribution in [-0.4, -0.2) is 33.3 Å². The first-order valence-electron chi connectivity index (χ1n) is 8.41. The highest BCUT2D eigenvalue weighted by Gasteiger charge is 2.16. The lowest BCUT2D eigenvalue weighted by Gasteiger charge is -2.07. The topological polar surface area (TPSA) is 83.0 Å². The van der Waals surface area contributed by atoms with Gasteiger partial charge in [0, 0.05) is 22.7 Å². The van der Waals surface area contributed by atoms with E-state index in [0.717, 1.165) is 21.9 Å². The van der Waals surface area contributed by atoms with Gasteiger partial charge in [-0.15, -0.1) is 11.8 Å². The predicted octanol–water partition coefficient (Wildman–Crippen LogP) is 3.68. The number of methoxy groups -OCH3 is 1. The quantitative estimate of drug-likeness (QED) is 0.479. The molecule has 140 valence electrons. The Morgan fingerprint density at radius 3 is 2.68 bits per heavy atom. The Morgan fingerprint density at radius 1 is 1.11 bits per heavy atom. The molecule has 4 rings (SSSR count). The fourth-order valence-electron chi connectivity index (χ4n) is 2.63. The van der Waals surface area contributed by atoms with Crippen molar-refractivity contribution < 1.29 is 9.26 Å². The van der Waals surface area contributed by atoms with E-state index in [0.29, 0.717) is 5.82 Å². The average molecular weight is 392 g/mol. The van der Waals surface area contributed by atoms with Crippen LogP contribution in [0.2, 0.25) is 0 Å². The molecule has 0 atom stereocenters. The number of benzene rings is 2. The summed E-state index contributed by atoms with van der Waals surface area (Å²) < 4.78 is 12.1. The van der Waals surface area contributed by atoms with E-state index < -0.39 is 0 Å². The minimum Gasteiger partial charge on any atom is -0.497 e. The van der Waals surface area contributed by atoms with Gasteiger partial charge < -0.3 is 9.26 Å². The minimum absolute atomic E-state index is 0.0752. The number of aromatic nitrogens is 4. The predicted molar refractivity (Wildman–Crippen MR) is 107 cm³/mol. The lowest BCUT2D eigenvalue weighted by atomic mass is 10.2. The summed E-state index contributed by atoms with van der Waals surface area (Å²) in [6.07, 6.45) is 3.62. The highest BCUT2D eigenvalue weighted by molar-refractivity contribution is 7.98. The molecule has 0 aliphatic carbocycles. The molecule has 2 heterocycles. The SMILES string of the molecule is COc1ccc(-c2noc(-c3nn(-c4cccc(SC)c4)ccc3=O)n2)cc1. The lowest BCUT2D eigenvalue weighted by molar-refractivity contribution is 0.414. The van der Waals surface area contributed by atoms with Crippen molar-refractivity contribution in [2.24, 2.45) is 0 Å². The molecule has 0 fully saturated rings. The lowest BCUT2D eigenvalue weighted by Crippen LogP contribution is -2.12. The van der Waals surface area contributed by atoms with Gasteiger partial charge in [0.15, 0.2) is 5.69 Å². The van der Waals surface area contributed by atoms with E-state index in [1.165, 1.54) is 6.07 Å². The van der Waals surface area contributed by atoms with Gasteiger partial charge >= 0.3 is 0 Å². The molecule has 0 aliphatic heterocycles. The zero-order valence-corrected chi connectivity index (χ0v) is 16.0. The third kappa shape index (κ3) is 3.54. The Kier molecular flexibility index (Phi) is 4.94. The van der Waals surface area contributed by atoms with Gasteiger partial charge in [-0.05, 0) is 48.7 Å². The highest BCUT2D eigenvalue weighted by atomic mass is 32.2. The Hall–Kier alpha value is -3.39. The van der Waals surface area contributed by atoms with Crippen LogP contribution in [0.4, 0.5) is 0 Å². The van der Waals surface area contributed by atoms with Crippen molar-refractivity contribution in [1.29, 1.82) is 0 Å². The Morgan fingerprint density at radius 2 is 1.93 bits per heavy atom. The minimum atomic E-state index is -0.290. The van der Waals surface area contributed by atoms with Crippen LogP contribution >= 0.6 is 11.8 Å². The molecule has 28 heavy (non-hydrogen) atoms. The summed E-state index contributed by atoms with van der Waals surface area (Å²) in [4.78, 5) is 17.8. The number of hydrogen-bond donors (Lipinski definition) is 0. The van der Waals surface area contributed by atoms with Crippen LogP contribution in [0.5, 0.6) is 5.75 Å². The summed E-state index contributed by atoms with van der Waals surface area (Å²) >= 11 is 1.63. The third-order valence-electron chi connectivity index (χ3n) is 4.10. The second-order valence-corrected chi connectivity index (χ2v) is 6.71. The van der Waals surface area contributed by atoms with Gasteiger partial charge in [-0.2, -0.15) is 10.1 Å². The van der Waals surface area contributed by atoms with Crippen LogP contribution in [-0.2, 0) is 0 Å². The van der Waals surface area contributed by atoms with Crippen molar-refractivity contribution in [3.8, 4) is 34.4 Å². The van der Waals surface area contributed by atoms with Crippen molar-refractivity contribution in [2.75, 3.05) is 13.4 Å². The second-order valence-electron chi connectivity index (χ2n) is 5.83. The molecule has 2 aromatic heterocycles. The van der Waals surface area contributed by atoms with Gasteiger partial charge in [0.2, 0.25) is 11.3 Å². The first-order chi connectivity index (χ1) is 13.7. The first-order valence-corrected chi connectivity index (χ1v) is 9.63. The average Bonchev–Trinajstić information content (AvgIpc) is 3.24. The number of hydrogen-bond acceptors (Lipinski definition) is 7. The summed E-state index contributed by atoms with van der Waals surface area (Å²) in [5.74, 6) is 1.18. The van der Waals surface area contributed by atoms with Gasteiger partial charge in [-0.25, -0.2) is 4.68 Å². The van der Waals surface area contributed by atoms with E-state index >= 15 is 0 Å². The number of thioether (sulfide) groups is 1. The van der Waals surface area contributed by atoms with Gasteiger partial charge in [0.25, 0.3) is 5.89 Å². The van der Waals surface area contributed by atoms with Gasteiger partial charge in [0.1, 0.15) is 5.75 Å². The van der Waals surface area contributed by atoms with Crippen LogP contribution in [0.1, 0.15) is 0 Å². The van der Waals surface area contributed by atoms with E-state index in [4.69, 9.17) is 9.26 Å². The van der Waals surface area contributed by atoms with E-state index in [1.54, 1.807) is 41.9 Å². The third-order valence-corrected chi connectivity index (χ3v) is 4.83. The van der Waals surface area contributed by atoms with Crippen molar-refractivity contribution in [3.05, 3.63) is 71.0 Å².